The molecule has 2 N–H and O–H groups in total. The lowest BCUT2D eigenvalue weighted by Crippen LogP contribution is -2.33. The van der Waals surface area contributed by atoms with Crippen molar-refractivity contribution < 1.29 is 9.59 Å². The summed E-state index contributed by atoms with van der Waals surface area (Å²) in [6.07, 6.45) is 6.02. The number of benzene rings is 1. The van der Waals surface area contributed by atoms with Crippen molar-refractivity contribution in [2.45, 2.75) is 26.2 Å². The van der Waals surface area contributed by atoms with Crippen molar-refractivity contribution in [2.24, 2.45) is 11.3 Å². The van der Waals surface area contributed by atoms with Gasteiger partial charge in [0.2, 0.25) is 5.91 Å². The van der Waals surface area contributed by atoms with Crippen LogP contribution in [0.2, 0.25) is 0 Å². The first-order chi connectivity index (χ1) is 13.1. The molecule has 0 bridgehead atoms. The first kappa shape index (κ1) is 17.5. The monoisotopic (exact) mass is 364 g/mol. The average molecular weight is 364 g/mol. The van der Waals surface area contributed by atoms with Gasteiger partial charge in [-0.2, -0.15) is 0 Å². The number of aryl methyl sites for hydroxylation is 1. The van der Waals surface area contributed by atoms with Gasteiger partial charge >= 0.3 is 6.03 Å². The molecule has 6 nitrogen and oxygen atoms in total. The number of hydrogen-bond acceptors (Lipinski definition) is 3. The summed E-state index contributed by atoms with van der Waals surface area (Å²) < 4.78 is 0. The van der Waals surface area contributed by atoms with Crippen molar-refractivity contribution in [3.05, 3.63) is 54.4 Å². The zero-order valence-corrected chi connectivity index (χ0v) is 15.4. The van der Waals surface area contributed by atoms with Crippen molar-refractivity contribution >= 4 is 23.3 Å². The molecule has 4 rings (SSSR count). The minimum atomic E-state index is -0.0885. The molecular formula is C21H24N4O2. The van der Waals surface area contributed by atoms with E-state index in [2.05, 4.69) is 22.5 Å². The molecule has 2 aliphatic rings. The number of carbonyl (C=O) groups is 2. The summed E-state index contributed by atoms with van der Waals surface area (Å²) in [7, 11) is 0. The standard InChI is InChI=1S/C21H24N4O2/c1-2-15-5-7-16(8-6-15)24-20(27)25-11-9-21(14-25)12-18(21)19(26)23-17-4-3-10-22-13-17/h3-8,10,13,18H,2,9,11-12,14H2,1H3,(H,23,26)(H,24,27). The quantitative estimate of drug-likeness (QED) is 0.872. The highest BCUT2D eigenvalue weighted by Crippen LogP contribution is 2.58. The number of nitrogens with one attached hydrogen (secondary N) is 2. The van der Waals surface area contributed by atoms with E-state index >= 15 is 0 Å². The van der Waals surface area contributed by atoms with E-state index in [4.69, 9.17) is 0 Å². The highest BCUT2D eigenvalue weighted by Gasteiger charge is 2.61. The third-order valence-corrected chi connectivity index (χ3v) is 5.72. The van der Waals surface area contributed by atoms with Gasteiger partial charge in [0, 0.05) is 36.3 Å². The van der Waals surface area contributed by atoms with Crippen LogP contribution in [0.1, 0.15) is 25.3 Å². The Morgan fingerprint density at radius 3 is 2.70 bits per heavy atom. The molecule has 1 aliphatic heterocycles. The fourth-order valence-corrected chi connectivity index (χ4v) is 3.93. The summed E-state index contributed by atoms with van der Waals surface area (Å²) in [4.78, 5) is 30.9. The van der Waals surface area contributed by atoms with E-state index in [1.165, 1.54) is 5.56 Å². The molecule has 2 unspecified atom stereocenters. The lowest BCUT2D eigenvalue weighted by molar-refractivity contribution is -0.118. The third-order valence-electron chi connectivity index (χ3n) is 5.72. The van der Waals surface area contributed by atoms with Crippen LogP contribution in [0, 0.1) is 11.3 Å². The number of pyridine rings is 1. The molecule has 0 radical (unpaired) electrons. The second-order valence-electron chi connectivity index (χ2n) is 7.50. The second-order valence-corrected chi connectivity index (χ2v) is 7.50. The molecule has 3 amide bonds. The Labute approximate surface area is 159 Å². The maximum Gasteiger partial charge on any atom is 0.321 e. The predicted molar refractivity (Wildman–Crippen MR) is 104 cm³/mol. The van der Waals surface area contributed by atoms with E-state index < -0.39 is 0 Å². The number of rotatable bonds is 4. The maximum atomic E-state index is 12.6. The Bertz CT molecular complexity index is 837. The van der Waals surface area contributed by atoms with Gasteiger partial charge in [0.15, 0.2) is 0 Å². The van der Waals surface area contributed by atoms with E-state index in [0.717, 1.165) is 24.9 Å². The van der Waals surface area contributed by atoms with Crippen molar-refractivity contribution in [3.63, 3.8) is 0 Å². The number of urea groups is 1. The van der Waals surface area contributed by atoms with Crippen molar-refractivity contribution in [1.29, 1.82) is 0 Å². The third kappa shape index (κ3) is 3.65. The zero-order chi connectivity index (χ0) is 18.9. The maximum absolute atomic E-state index is 12.6. The molecule has 2 heterocycles. The Morgan fingerprint density at radius 1 is 1.19 bits per heavy atom. The van der Waals surface area contributed by atoms with Crippen molar-refractivity contribution in [3.8, 4) is 0 Å². The average Bonchev–Trinajstić information content (AvgIpc) is 3.23. The number of nitrogens with zero attached hydrogens (tertiary/aromatic N) is 2. The Balaban J connectivity index is 1.32. The van der Waals surface area contributed by atoms with Gasteiger partial charge < -0.3 is 15.5 Å². The van der Waals surface area contributed by atoms with Crippen molar-refractivity contribution in [2.75, 3.05) is 23.7 Å². The minimum Gasteiger partial charge on any atom is -0.324 e. The molecule has 2 fully saturated rings. The molecule has 1 aromatic carbocycles. The lowest BCUT2D eigenvalue weighted by Gasteiger charge is -2.18. The van der Waals surface area contributed by atoms with Crippen LogP contribution in [-0.2, 0) is 11.2 Å². The topological polar surface area (TPSA) is 74.3 Å². The fraction of sp³-hybridized carbons (Fsp3) is 0.381. The number of aromatic nitrogens is 1. The molecule has 140 valence electrons. The molecule has 27 heavy (non-hydrogen) atoms. The molecule has 2 aromatic rings. The molecule has 1 spiro atoms. The molecule has 1 aliphatic carbocycles. The van der Waals surface area contributed by atoms with Crippen LogP contribution in [0.4, 0.5) is 16.2 Å². The molecule has 1 saturated heterocycles. The van der Waals surface area contributed by atoms with Crippen LogP contribution in [0.15, 0.2) is 48.8 Å². The fourth-order valence-electron chi connectivity index (χ4n) is 3.93. The van der Waals surface area contributed by atoms with Crippen LogP contribution in [0.3, 0.4) is 0 Å². The summed E-state index contributed by atoms with van der Waals surface area (Å²) in [5.74, 6) is -0.000226. The van der Waals surface area contributed by atoms with Gasteiger partial charge in [-0.3, -0.25) is 9.78 Å². The predicted octanol–water partition coefficient (Wildman–Crippen LogP) is 3.53. The molecule has 2 atom stereocenters. The first-order valence-corrected chi connectivity index (χ1v) is 9.45. The Morgan fingerprint density at radius 2 is 2.00 bits per heavy atom. The Kier molecular flexibility index (Phi) is 4.56. The summed E-state index contributed by atoms with van der Waals surface area (Å²) in [6, 6.07) is 11.5. The first-order valence-electron chi connectivity index (χ1n) is 9.45. The van der Waals surface area contributed by atoms with Gasteiger partial charge in [0.25, 0.3) is 0 Å². The highest BCUT2D eigenvalue weighted by molar-refractivity contribution is 5.95. The van der Waals surface area contributed by atoms with E-state index in [1.807, 2.05) is 35.2 Å². The molecule has 6 heteroatoms. The number of hydrogen-bond donors (Lipinski definition) is 2. The van der Waals surface area contributed by atoms with Gasteiger partial charge in [-0.1, -0.05) is 19.1 Å². The largest absolute Gasteiger partial charge is 0.324 e. The molecule has 1 saturated carbocycles. The second kappa shape index (κ2) is 7.02. The van der Waals surface area contributed by atoms with Gasteiger partial charge in [0.1, 0.15) is 0 Å². The van der Waals surface area contributed by atoms with Gasteiger partial charge in [0.05, 0.1) is 11.9 Å². The van der Waals surface area contributed by atoms with Crippen LogP contribution < -0.4 is 10.6 Å². The van der Waals surface area contributed by atoms with Gasteiger partial charge in [-0.25, -0.2) is 4.79 Å². The van der Waals surface area contributed by atoms with E-state index in [9.17, 15) is 9.59 Å². The number of anilines is 2. The van der Waals surface area contributed by atoms with Crippen LogP contribution in [0.5, 0.6) is 0 Å². The summed E-state index contributed by atoms with van der Waals surface area (Å²) >= 11 is 0. The zero-order valence-electron chi connectivity index (χ0n) is 15.4. The van der Waals surface area contributed by atoms with Gasteiger partial charge in [-0.05, 0) is 49.1 Å². The Hall–Kier alpha value is -2.89. The SMILES string of the molecule is CCc1ccc(NC(=O)N2CCC3(CC3C(=O)Nc3cccnc3)C2)cc1. The summed E-state index contributed by atoms with van der Waals surface area (Å²) in [6.45, 7) is 3.43. The summed E-state index contributed by atoms with van der Waals surface area (Å²) in [5, 5.41) is 5.89. The van der Waals surface area contributed by atoms with Crippen molar-refractivity contribution in [1.82, 2.24) is 9.88 Å². The normalized spacial score (nSPS) is 23.3. The lowest BCUT2D eigenvalue weighted by atomic mass is 10.0. The minimum absolute atomic E-state index is 0.0282. The van der Waals surface area contributed by atoms with Crippen LogP contribution in [0.25, 0.3) is 0 Å². The molecular weight excluding hydrogens is 340 g/mol. The van der Waals surface area contributed by atoms with E-state index in [1.54, 1.807) is 18.5 Å². The van der Waals surface area contributed by atoms with Crippen LogP contribution in [-0.4, -0.2) is 34.9 Å². The van der Waals surface area contributed by atoms with E-state index in [0.29, 0.717) is 18.8 Å². The molecule has 1 aromatic heterocycles. The number of likely N-dealkylation sites (tertiary alicyclic amines) is 1. The number of amides is 3. The van der Waals surface area contributed by atoms with Gasteiger partial charge in [-0.15, -0.1) is 0 Å². The summed E-state index contributed by atoms with van der Waals surface area (Å²) in [5.41, 5.74) is 2.71. The highest BCUT2D eigenvalue weighted by atomic mass is 16.2. The van der Waals surface area contributed by atoms with E-state index in [-0.39, 0.29) is 23.3 Å². The smallest absolute Gasteiger partial charge is 0.321 e. The van der Waals surface area contributed by atoms with Crippen LogP contribution >= 0.6 is 0 Å². The number of carbonyl (C=O) groups excluding carboxylic acids is 2.